The molecule has 11 nitrogen and oxygen atoms in total. The number of anilines is 1. The van der Waals surface area contributed by atoms with Crippen LogP contribution in [0.2, 0.25) is 0 Å². The van der Waals surface area contributed by atoms with Crippen LogP contribution in [0.25, 0.3) is 0 Å². The summed E-state index contributed by atoms with van der Waals surface area (Å²) in [6.45, 7) is 1.58. The fourth-order valence-corrected chi connectivity index (χ4v) is 5.30. The van der Waals surface area contributed by atoms with Crippen LogP contribution in [0, 0.1) is 17.2 Å². The third-order valence-electron chi connectivity index (χ3n) is 6.31. The lowest BCUT2D eigenvalue weighted by Crippen LogP contribution is -2.46. The third kappa shape index (κ3) is 6.25. The van der Waals surface area contributed by atoms with Gasteiger partial charge in [0.1, 0.15) is 28.9 Å². The van der Waals surface area contributed by atoms with E-state index in [0.717, 1.165) is 24.2 Å². The standard InChI is InChI=1S/C22H25F3N6O5S/c1-34-11-14(36-17-10-28-29-19(32)18(17)22(23,24)25)12-35-16-4-7-31(20(16)33)13-2-5-30(6-3-13)21-27-9-15(8-26)37-21/h9-10,13-14,16,18H,2-7,11-12H2,1H3/t14-,16+,18?/m0/s1. The van der Waals surface area contributed by atoms with Gasteiger partial charge >= 0.3 is 6.18 Å². The maximum absolute atomic E-state index is 13.3. The fourth-order valence-electron chi connectivity index (χ4n) is 4.54. The molecule has 0 saturated carbocycles. The van der Waals surface area contributed by atoms with Crippen molar-refractivity contribution in [3.8, 4) is 6.07 Å². The van der Waals surface area contributed by atoms with E-state index >= 15 is 0 Å². The Hall–Kier alpha value is -3.09. The Labute approximate surface area is 214 Å². The molecule has 4 rings (SSSR count). The van der Waals surface area contributed by atoms with E-state index in [0.29, 0.717) is 30.9 Å². The normalized spacial score (nSPS) is 23.8. The minimum absolute atomic E-state index is 0.0371. The highest BCUT2D eigenvalue weighted by Gasteiger charge is 2.50. The lowest BCUT2D eigenvalue weighted by Gasteiger charge is -2.36. The van der Waals surface area contributed by atoms with Gasteiger partial charge in [0, 0.05) is 39.2 Å². The van der Waals surface area contributed by atoms with Gasteiger partial charge in [-0.25, -0.2) is 4.98 Å². The van der Waals surface area contributed by atoms with Crippen molar-refractivity contribution in [2.75, 3.05) is 44.9 Å². The van der Waals surface area contributed by atoms with Crippen LogP contribution < -0.4 is 4.90 Å². The molecule has 200 valence electrons. The Bertz CT molecular complexity index is 1100. The first kappa shape index (κ1) is 27.0. The number of likely N-dealkylation sites (tertiary alicyclic amines) is 1. The summed E-state index contributed by atoms with van der Waals surface area (Å²) in [7, 11) is 1.35. The fraction of sp³-hybridized carbons (Fsp3) is 0.636. The highest BCUT2D eigenvalue weighted by molar-refractivity contribution is 7.16. The molecule has 2 saturated heterocycles. The summed E-state index contributed by atoms with van der Waals surface area (Å²) in [6, 6.07) is 2.12. The summed E-state index contributed by atoms with van der Waals surface area (Å²) in [5.74, 6) is -4.87. The average Bonchev–Trinajstić information content (AvgIpc) is 3.49. The molecule has 0 radical (unpaired) electrons. The van der Waals surface area contributed by atoms with Crippen molar-refractivity contribution < 1.29 is 37.0 Å². The number of aromatic nitrogens is 1. The minimum Gasteiger partial charge on any atom is -0.487 e. The van der Waals surface area contributed by atoms with Crippen LogP contribution in [0.5, 0.6) is 0 Å². The maximum Gasteiger partial charge on any atom is 0.407 e. The molecule has 0 bridgehead atoms. The first-order valence-electron chi connectivity index (χ1n) is 11.6. The molecule has 3 aliphatic rings. The van der Waals surface area contributed by atoms with Crippen molar-refractivity contribution in [3.05, 3.63) is 23.0 Å². The number of rotatable bonds is 9. The SMILES string of the molecule is COC[C@@H](CO[C@@H]1CCN(C2CCN(c3ncc(C#N)s3)CC2)C1=O)OC1=CN=NC(=O)C1C(F)(F)F. The van der Waals surface area contributed by atoms with Crippen molar-refractivity contribution in [1.82, 2.24) is 9.88 Å². The monoisotopic (exact) mass is 542 g/mol. The predicted molar refractivity (Wildman–Crippen MR) is 122 cm³/mol. The molecule has 37 heavy (non-hydrogen) atoms. The number of hydrogen-bond donors (Lipinski definition) is 0. The van der Waals surface area contributed by atoms with Gasteiger partial charge in [-0.1, -0.05) is 11.3 Å². The molecular weight excluding hydrogens is 517 g/mol. The van der Waals surface area contributed by atoms with Gasteiger partial charge in [-0.15, -0.1) is 5.11 Å². The Balaban J connectivity index is 1.29. The molecule has 1 aromatic rings. The molecule has 0 N–H and O–H groups in total. The van der Waals surface area contributed by atoms with Crippen molar-refractivity contribution in [2.45, 2.75) is 43.7 Å². The van der Waals surface area contributed by atoms with Crippen LogP contribution in [0.1, 0.15) is 24.1 Å². The van der Waals surface area contributed by atoms with E-state index in [4.69, 9.17) is 19.5 Å². The molecule has 2 amide bonds. The number of carbonyl (C=O) groups is 2. The quantitative estimate of drug-likeness (QED) is 0.466. The summed E-state index contributed by atoms with van der Waals surface area (Å²) in [5.41, 5.74) is 0. The average molecular weight is 543 g/mol. The second-order valence-electron chi connectivity index (χ2n) is 8.73. The number of nitrogens with zero attached hydrogens (tertiary/aromatic N) is 6. The van der Waals surface area contributed by atoms with Crippen LogP contribution in [-0.4, -0.2) is 86.1 Å². The molecule has 1 unspecified atom stereocenters. The lowest BCUT2D eigenvalue weighted by molar-refractivity contribution is -0.184. The predicted octanol–water partition coefficient (Wildman–Crippen LogP) is 2.64. The highest BCUT2D eigenvalue weighted by atomic mass is 32.1. The van der Waals surface area contributed by atoms with E-state index < -0.39 is 36.0 Å². The van der Waals surface area contributed by atoms with Crippen molar-refractivity contribution >= 4 is 28.3 Å². The number of hydrogen-bond acceptors (Lipinski definition) is 10. The number of nitriles is 1. The van der Waals surface area contributed by atoms with E-state index in [1.54, 1.807) is 11.1 Å². The maximum atomic E-state index is 13.3. The van der Waals surface area contributed by atoms with Gasteiger partial charge in [-0.3, -0.25) is 9.59 Å². The summed E-state index contributed by atoms with van der Waals surface area (Å²) in [5, 5.41) is 16.0. The van der Waals surface area contributed by atoms with Crippen LogP contribution in [0.15, 0.2) is 28.4 Å². The first-order valence-corrected chi connectivity index (χ1v) is 12.4. The first-order chi connectivity index (χ1) is 17.7. The molecule has 3 aliphatic heterocycles. The van der Waals surface area contributed by atoms with Crippen LogP contribution >= 0.6 is 11.3 Å². The highest BCUT2D eigenvalue weighted by Crippen LogP contribution is 2.36. The largest absolute Gasteiger partial charge is 0.487 e. The van der Waals surface area contributed by atoms with Crippen molar-refractivity contribution in [1.29, 1.82) is 5.26 Å². The summed E-state index contributed by atoms with van der Waals surface area (Å²) >= 11 is 1.34. The third-order valence-corrected chi connectivity index (χ3v) is 7.27. The second-order valence-corrected chi connectivity index (χ2v) is 9.74. The molecule has 1 aromatic heterocycles. The van der Waals surface area contributed by atoms with E-state index in [1.165, 1.54) is 18.4 Å². The van der Waals surface area contributed by atoms with E-state index in [-0.39, 0.29) is 25.2 Å². The lowest BCUT2D eigenvalue weighted by atomic mass is 10.0. The van der Waals surface area contributed by atoms with E-state index in [9.17, 15) is 22.8 Å². The van der Waals surface area contributed by atoms with Gasteiger partial charge in [0.15, 0.2) is 11.0 Å². The van der Waals surface area contributed by atoms with E-state index in [2.05, 4.69) is 26.2 Å². The Morgan fingerprint density at radius 3 is 2.62 bits per heavy atom. The molecule has 15 heteroatoms. The Morgan fingerprint density at radius 1 is 1.22 bits per heavy atom. The number of methoxy groups -OCH3 is 1. The van der Waals surface area contributed by atoms with Crippen molar-refractivity contribution in [2.24, 2.45) is 16.1 Å². The van der Waals surface area contributed by atoms with Crippen LogP contribution in [-0.2, 0) is 23.8 Å². The number of ether oxygens (including phenoxy) is 3. The van der Waals surface area contributed by atoms with Gasteiger partial charge in [0.2, 0.25) is 0 Å². The van der Waals surface area contributed by atoms with Crippen molar-refractivity contribution in [3.63, 3.8) is 0 Å². The molecule has 2 fully saturated rings. The number of alkyl halides is 3. The summed E-state index contributed by atoms with van der Waals surface area (Å²) in [4.78, 5) is 33.4. The number of halogens is 3. The molecule has 0 aromatic carbocycles. The summed E-state index contributed by atoms with van der Waals surface area (Å²) < 4.78 is 56.2. The Kier molecular flexibility index (Phi) is 8.40. The van der Waals surface area contributed by atoms with Gasteiger partial charge in [-0.2, -0.15) is 23.5 Å². The zero-order valence-electron chi connectivity index (χ0n) is 19.9. The topological polar surface area (TPSA) is 130 Å². The molecule has 0 aliphatic carbocycles. The summed E-state index contributed by atoms with van der Waals surface area (Å²) in [6.07, 6.45) is -2.41. The zero-order chi connectivity index (χ0) is 26.6. The van der Waals surface area contributed by atoms with Gasteiger partial charge in [0.25, 0.3) is 11.8 Å². The molecular formula is C22H25F3N6O5S. The second kappa shape index (κ2) is 11.5. The number of carbonyl (C=O) groups excluding carboxylic acids is 2. The number of azo groups is 1. The van der Waals surface area contributed by atoms with Gasteiger partial charge in [0.05, 0.1) is 25.6 Å². The number of piperidine rings is 1. The van der Waals surface area contributed by atoms with Crippen LogP contribution in [0.4, 0.5) is 18.3 Å². The van der Waals surface area contributed by atoms with Crippen LogP contribution in [0.3, 0.4) is 0 Å². The zero-order valence-corrected chi connectivity index (χ0v) is 20.7. The smallest absolute Gasteiger partial charge is 0.407 e. The van der Waals surface area contributed by atoms with Gasteiger partial charge < -0.3 is 24.0 Å². The van der Waals surface area contributed by atoms with E-state index in [1.807, 2.05) is 0 Å². The number of thiazole rings is 1. The minimum atomic E-state index is -4.89. The molecule has 3 atom stereocenters. The van der Waals surface area contributed by atoms with Gasteiger partial charge in [-0.05, 0) is 12.8 Å². The Morgan fingerprint density at radius 2 is 1.97 bits per heavy atom. The molecule has 0 spiro atoms. The number of amides is 2. The molecule has 4 heterocycles.